The number of aliphatic hydroxyl groups is 2. The molecule has 1 saturated carbocycles. The summed E-state index contributed by atoms with van der Waals surface area (Å²) in [6.45, 7) is 10.9. The second-order valence-electron chi connectivity index (χ2n) is 15.3. The molecular weight excluding hydrogens is 766 g/mol. The maximum absolute atomic E-state index is 14.6. The van der Waals surface area contributed by atoms with Gasteiger partial charge in [0.05, 0.1) is 23.4 Å². The first kappa shape index (κ1) is 45.1. The van der Waals surface area contributed by atoms with Crippen molar-refractivity contribution in [2.75, 3.05) is 26.2 Å². The molecule has 312 valence electrons. The van der Waals surface area contributed by atoms with Crippen molar-refractivity contribution in [1.82, 2.24) is 31.2 Å². The lowest BCUT2D eigenvalue weighted by molar-refractivity contribution is -0.145. The van der Waals surface area contributed by atoms with Gasteiger partial charge in [-0.1, -0.05) is 51.6 Å². The molecule has 2 aliphatic rings. The average Bonchev–Trinajstić information content (AvgIpc) is 3.58. The summed E-state index contributed by atoms with van der Waals surface area (Å²) in [5.74, 6) is -5.26. The number of aliphatic hydroxyl groups excluding tert-OH is 2. The molecule has 1 aromatic heterocycles. The summed E-state index contributed by atoms with van der Waals surface area (Å²) in [5.41, 5.74) is 0.235. The van der Waals surface area contributed by atoms with Crippen LogP contribution in [0.25, 0.3) is 6.08 Å². The van der Waals surface area contributed by atoms with Crippen molar-refractivity contribution in [1.29, 1.82) is 0 Å². The van der Waals surface area contributed by atoms with Gasteiger partial charge >= 0.3 is 0 Å². The molecule has 13 nitrogen and oxygen atoms in total. The molecular formula is C40H53F3N6O7S. The van der Waals surface area contributed by atoms with E-state index in [2.05, 4.69) is 32.8 Å². The Morgan fingerprint density at radius 1 is 1.16 bits per heavy atom. The van der Waals surface area contributed by atoms with E-state index in [1.54, 1.807) is 44.5 Å². The highest BCUT2D eigenvalue weighted by atomic mass is 32.1. The van der Waals surface area contributed by atoms with Gasteiger partial charge < -0.3 is 35.8 Å². The van der Waals surface area contributed by atoms with Crippen LogP contribution < -0.4 is 26.0 Å². The van der Waals surface area contributed by atoms with Crippen molar-refractivity contribution in [2.24, 2.45) is 5.41 Å². The van der Waals surface area contributed by atoms with E-state index in [4.69, 9.17) is 4.74 Å². The van der Waals surface area contributed by atoms with Gasteiger partial charge in [-0.15, -0.1) is 11.3 Å². The third-order valence-corrected chi connectivity index (χ3v) is 10.6. The minimum Gasteiger partial charge on any atom is -0.481 e. The smallest absolute Gasteiger partial charge is 0.258 e. The summed E-state index contributed by atoms with van der Waals surface area (Å²) < 4.78 is 46.8. The molecule has 5 atom stereocenters. The molecule has 2 aromatic rings. The number of alkyl halides is 1. The van der Waals surface area contributed by atoms with Crippen molar-refractivity contribution in [3.05, 3.63) is 76.3 Å². The molecule has 1 aromatic carbocycles. The first-order valence-electron chi connectivity index (χ1n) is 18.9. The fourth-order valence-electron chi connectivity index (χ4n) is 6.15. The van der Waals surface area contributed by atoms with Gasteiger partial charge in [-0.25, -0.2) is 13.8 Å². The van der Waals surface area contributed by atoms with Crippen LogP contribution in [0.1, 0.15) is 69.9 Å². The van der Waals surface area contributed by atoms with Crippen LogP contribution in [-0.2, 0) is 19.2 Å². The summed E-state index contributed by atoms with van der Waals surface area (Å²) in [4.78, 5) is 59.1. The van der Waals surface area contributed by atoms with Crippen LogP contribution in [0.5, 0.6) is 5.75 Å². The number of likely N-dealkylation sites (tertiary alicyclic amines) is 1. The number of thiazole rings is 1. The topological polar surface area (TPSA) is 182 Å². The summed E-state index contributed by atoms with van der Waals surface area (Å²) >= 11 is 1.45. The molecule has 3 unspecified atom stereocenters. The maximum atomic E-state index is 14.6. The Hall–Kier alpha value is -4.58. The highest BCUT2D eigenvalue weighted by molar-refractivity contribution is 7.10. The number of β-amino-alcohol motifs (C(OH)–C–C–N with tert-alkyl or cyclic N) is 1. The SMILES string of the molecule is C=C/C(=C\C=C\c1scnc1C)C(CC(O)NCCCCNC(=O)COc1cccc(F)c1F)NC(=O)C1C[C@@H](O)CN1C(=O)[C@@H](NC(=O)C1(F)CC1)C(C)(C)C. The minimum atomic E-state index is -2.02. The number of rotatable bonds is 20. The number of carbonyl (C=O) groups excluding carboxylic acids is 4. The van der Waals surface area contributed by atoms with Crippen molar-refractivity contribution in [2.45, 2.75) is 102 Å². The molecule has 0 spiro atoms. The fourth-order valence-corrected chi connectivity index (χ4v) is 6.86. The molecule has 1 saturated heterocycles. The van der Waals surface area contributed by atoms with Gasteiger partial charge in [0.15, 0.2) is 23.8 Å². The zero-order valence-electron chi connectivity index (χ0n) is 32.7. The van der Waals surface area contributed by atoms with Crippen molar-refractivity contribution >= 4 is 41.0 Å². The molecule has 2 fully saturated rings. The number of aryl methyl sites for hydroxylation is 1. The quantitative estimate of drug-likeness (QED) is 0.0661. The average molecular weight is 819 g/mol. The first-order chi connectivity index (χ1) is 26.9. The normalized spacial score (nSPS) is 19.5. The Morgan fingerprint density at radius 3 is 2.53 bits per heavy atom. The fraction of sp³-hybridized carbons (Fsp3) is 0.525. The molecule has 1 aliphatic heterocycles. The van der Waals surface area contributed by atoms with Crippen LogP contribution in [0.2, 0.25) is 0 Å². The number of aromatic nitrogens is 1. The van der Waals surface area contributed by atoms with E-state index in [1.807, 2.05) is 13.0 Å². The molecule has 4 rings (SSSR count). The lowest BCUT2D eigenvalue weighted by Crippen LogP contribution is -2.59. The van der Waals surface area contributed by atoms with Gasteiger partial charge in [0.1, 0.15) is 18.3 Å². The number of carbonyl (C=O) groups is 4. The van der Waals surface area contributed by atoms with Crippen LogP contribution in [0.3, 0.4) is 0 Å². The summed E-state index contributed by atoms with van der Waals surface area (Å²) in [6, 6.07) is 0.307. The van der Waals surface area contributed by atoms with Crippen LogP contribution in [0, 0.1) is 24.0 Å². The number of ether oxygens (including phenoxy) is 1. The highest BCUT2D eigenvalue weighted by Gasteiger charge is 2.53. The van der Waals surface area contributed by atoms with Crippen molar-refractivity contribution in [3.8, 4) is 5.75 Å². The van der Waals surface area contributed by atoms with Crippen LogP contribution in [-0.4, -0.2) is 106 Å². The molecule has 0 bridgehead atoms. The van der Waals surface area contributed by atoms with Gasteiger partial charge in [-0.2, -0.15) is 4.39 Å². The Labute approximate surface area is 334 Å². The van der Waals surface area contributed by atoms with E-state index in [9.17, 15) is 42.6 Å². The van der Waals surface area contributed by atoms with Crippen LogP contribution in [0.4, 0.5) is 13.2 Å². The van der Waals surface area contributed by atoms with Crippen molar-refractivity contribution in [3.63, 3.8) is 0 Å². The number of nitrogens with one attached hydrogen (secondary N) is 4. The van der Waals surface area contributed by atoms with Crippen LogP contribution >= 0.6 is 11.3 Å². The molecule has 2 heterocycles. The van der Waals surface area contributed by atoms with E-state index in [1.165, 1.54) is 28.4 Å². The highest BCUT2D eigenvalue weighted by Crippen LogP contribution is 2.40. The Balaban J connectivity index is 1.38. The van der Waals surface area contributed by atoms with Crippen molar-refractivity contribution < 1.29 is 47.3 Å². The number of hydrogen-bond donors (Lipinski definition) is 6. The first-order valence-corrected chi connectivity index (χ1v) is 19.8. The van der Waals surface area contributed by atoms with Crippen LogP contribution in [0.15, 0.2) is 54.1 Å². The van der Waals surface area contributed by atoms with E-state index < -0.39 is 83.4 Å². The monoisotopic (exact) mass is 818 g/mol. The van der Waals surface area contributed by atoms with Gasteiger partial charge in [0, 0.05) is 30.8 Å². The molecule has 4 amide bonds. The number of nitrogens with zero attached hydrogens (tertiary/aromatic N) is 2. The van der Waals surface area contributed by atoms with Gasteiger partial charge in [0.2, 0.25) is 17.6 Å². The Bertz CT molecular complexity index is 1810. The second-order valence-corrected chi connectivity index (χ2v) is 16.2. The standard InChI is InChI=1S/C40H53F3N6O7S/c1-6-25(11-9-14-31-24(2)46-23-57-31)28(20-32(51)44-17-7-8-18-45-33(52)22-56-30-13-10-12-27(41)34(30)42)47-36(53)29-19-26(50)21-49(29)37(54)35(39(3,4)5)48-38(55)40(43)15-16-40/h6,9-14,23,26,28-29,32,35,44,50-51H,1,7-8,15-22H2,2-5H3,(H,45,52)(H,47,53)(H,48,55)/b14-9+,25-11+/t26-,28?,29?,32?,35-/m1/s1. The lowest BCUT2D eigenvalue weighted by atomic mass is 9.85. The Kier molecular flexibility index (Phi) is 16.0. The van der Waals surface area contributed by atoms with Gasteiger partial charge in [-0.05, 0) is 68.3 Å². The summed E-state index contributed by atoms with van der Waals surface area (Å²) in [6.07, 6.45) is 5.81. The second kappa shape index (κ2) is 20.2. The third kappa shape index (κ3) is 13.0. The molecule has 1 aliphatic carbocycles. The zero-order chi connectivity index (χ0) is 41.9. The van der Waals surface area contributed by atoms with E-state index in [0.717, 1.165) is 16.6 Å². The molecule has 0 radical (unpaired) electrons. The molecule has 17 heteroatoms. The lowest BCUT2D eigenvalue weighted by Gasteiger charge is -2.36. The molecule has 6 N–H and O–H groups in total. The number of allylic oxidation sites excluding steroid dienone is 2. The van der Waals surface area contributed by atoms with E-state index in [0.29, 0.717) is 25.0 Å². The zero-order valence-corrected chi connectivity index (χ0v) is 33.5. The predicted molar refractivity (Wildman–Crippen MR) is 209 cm³/mol. The number of benzene rings is 1. The largest absolute Gasteiger partial charge is 0.481 e. The summed E-state index contributed by atoms with van der Waals surface area (Å²) in [7, 11) is 0. The number of halogens is 3. The summed E-state index contributed by atoms with van der Waals surface area (Å²) in [5, 5.41) is 32.8. The number of unbranched alkanes of at least 4 members (excludes halogenated alkanes) is 1. The van der Waals surface area contributed by atoms with E-state index in [-0.39, 0.29) is 44.5 Å². The minimum absolute atomic E-state index is 0.0236. The third-order valence-electron chi connectivity index (χ3n) is 9.66. The van der Waals surface area contributed by atoms with Gasteiger partial charge in [0.25, 0.3) is 11.8 Å². The Morgan fingerprint density at radius 2 is 1.88 bits per heavy atom. The number of amides is 4. The van der Waals surface area contributed by atoms with E-state index >= 15 is 0 Å². The maximum Gasteiger partial charge on any atom is 0.258 e. The number of hydrogen-bond acceptors (Lipinski definition) is 10. The molecule has 57 heavy (non-hydrogen) atoms. The predicted octanol–water partition coefficient (Wildman–Crippen LogP) is 3.61. The van der Waals surface area contributed by atoms with Gasteiger partial charge in [-0.3, -0.25) is 24.5 Å².